The summed E-state index contributed by atoms with van der Waals surface area (Å²) in [7, 11) is 6.17. The summed E-state index contributed by atoms with van der Waals surface area (Å²) in [6.45, 7) is 0. The lowest BCUT2D eigenvalue weighted by molar-refractivity contribution is -0.114. The minimum absolute atomic E-state index is 0.108. The predicted molar refractivity (Wildman–Crippen MR) is 136 cm³/mol. The van der Waals surface area contributed by atoms with Gasteiger partial charge in [0.15, 0.2) is 15.8 Å². The maximum absolute atomic E-state index is 12.3. The molecule has 0 radical (unpaired) electrons. The van der Waals surface area contributed by atoms with E-state index in [0.29, 0.717) is 38.2 Å². The van der Waals surface area contributed by atoms with Crippen LogP contribution in [0, 0.1) is 0 Å². The van der Waals surface area contributed by atoms with Crippen LogP contribution in [0.5, 0.6) is 23.0 Å². The number of rotatable bonds is 11. The highest BCUT2D eigenvalue weighted by Gasteiger charge is 2.12. The largest absolute Gasteiger partial charge is 0.497 e. The average Bonchev–Trinajstić information content (AvgIpc) is 3.33. The Morgan fingerprint density at radius 3 is 2.40 bits per heavy atom. The molecule has 0 saturated heterocycles. The molecule has 2 amide bonds. The smallest absolute Gasteiger partial charge is 0.250 e. The Balaban J connectivity index is 1.51. The zero-order chi connectivity index (χ0) is 25.2. The van der Waals surface area contributed by atoms with Crippen LogP contribution in [0.15, 0.2) is 46.8 Å². The van der Waals surface area contributed by atoms with Gasteiger partial charge in [-0.25, -0.2) is 0 Å². The molecular weight excluding hydrogens is 492 g/mol. The van der Waals surface area contributed by atoms with Crippen LogP contribution in [0.1, 0.15) is 5.56 Å². The molecule has 0 atom stereocenters. The van der Waals surface area contributed by atoms with Gasteiger partial charge in [-0.15, -0.1) is 10.2 Å². The van der Waals surface area contributed by atoms with Crippen molar-refractivity contribution in [3.63, 3.8) is 0 Å². The summed E-state index contributed by atoms with van der Waals surface area (Å²) in [5.41, 5.74) is 1.30. The van der Waals surface area contributed by atoms with E-state index in [2.05, 4.69) is 20.8 Å². The van der Waals surface area contributed by atoms with E-state index in [0.717, 1.165) is 5.56 Å². The summed E-state index contributed by atoms with van der Waals surface area (Å²) >= 11 is 2.38. The fourth-order valence-electron chi connectivity index (χ4n) is 2.81. The number of aromatic nitrogens is 2. The Morgan fingerprint density at radius 1 is 0.914 bits per heavy atom. The van der Waals surface area contributed by atoms with E-state index in [1.807, 2.05) is 0 Å². The lowest BCUT2D eigenvalue weighted by Crippen LogP contribution is -2.14. The first kappa shape index (κ1) is 25.8. The van der Waals surface area contributed by atoms with Crippen LogP contribution < -0.4 is 29.6 Å². The average molecular weight is 517 g/mol. The minimum atomic E-state index is -0.364. The maximum atomic E-state index is 12.3. The molecule has 0 saturated carbocycles. The summed E-state index contributed by atoms with van der Waals surface area (Å²) in [5, 5.41) is 13.7. The van der Waals surface area contributed by atoms with Crippen LogP contribution in [-0.2, 0) is 9.59 Å². The van der Waals surface area contributed by atoms with E-state index in [9.17, 15) is 9.59 Å². The third kappa shape index (κ3) is 7.36. The molecule has 2 aromatic carbocycles. The first-order chi connectivity index (χ1) is 16.9. The number of ether oxygens (including phenoxy) is 4. The van der Waals surface area contributed by atoms with Crippen molar-refractivity contribution in [2.45, 2.75) is 4.34 Å². The first-order valence-electron chi connectivity index (χ1n) is 10.1. The van der Waals surface area contributed by atoms with Gasteiger partial charge in [-0.05, 0) is 35.9 Å². The topological polar surface area (TPSA) is 121 Å². The lowest BCUT2D eigenvalue weighted by Gasteiger charge is -2.11. The zero-order valence-corrected chi connectivity index (χ0v) is 21.1. The van der Waals surface area contributed by atoms with Crippen LogP contribution in [0.25, 0.3) is 6.08 Å². The van der Waals surface area contributed by atoms with Crippen molar-refractivity contribution in [1.82, 2.24) is 10.2 Å². The number of carbonyl (C=O) groups is 2. The number of nitrogens with zero attached hydrogens (tertiary/aromatic N) is 2. The number of thioether (sulfide) groups is 1. The van der Waals surface area contributed by atoms with Crippen molar-refractivity contribution < 1.29 is 28.5 Å². The maximum Gasteiger partial charge on any atom is 0.250 e. The van der Waals surface area contributed by atoms with Crippen molar-refractivity contribution >= 4 is 51.8 Å². The second kappa shape index (κ2) is 12.6. The summed E-state index contributed by atoms with van der Waals surface area (Å²) < 4.78 is 21.4. The van der Waals surface area contributed by atoms with Gasteiger partial charge in [0.05, 0.1) is 39.9 Å². The molecule has 184 valence electrons. The molecule has 3 rings (SSSR count). The first-order valence-corrected chi connectivity index (χ1v) is 11.9. The minimum Gasteiger partial charge on any atom is -0.497 e. The van der Waals surface area contributed by atoms with Crippen molar-refractivity contribution in [1.29, 1.82) is 0 Å². The lowest BCUT2D eigenvalue weighted by atomic mass is 10.2. The second-order valence-corrected chi connectivity index (χ2v) is 8.91. The molecule has 0 spiro atoms. The highest BCUT2D eigenvalue weighted by Crippen LogP contribution is 2.30. The molecule has 0 fully saturated rings. The Kier molecular flexibility index (Phi) is 9.32. The predicted octanol–water partition coefficient (Wildman–Crippen LogP) is 3.96. The zero-order valence-electron chi connectivity index (χ0n) is 19.5. The van der Waals surface area contributed by atoms with E-state index in [1.165, 1.54) is 36.3 Å². The SMILES string of the molecule is COc1ccc(NC(=O)CSc2nnc(NC(=O)/C=C/c3ccc(OC)c(OC)c3)s2)c(OC)c1. The summed E-state index contributed by atoms with van der Waals surface area (Å²) in [5.74, 6) is 1.78. The number of carbonyl (C=O) groups excluding carboxylic acids is 2. The van der Waals surface area contributed by atoms with E-state index >= 15 is 0 Å². The fraction of sp³-hybridized carbons (Fsp3) is 0.217. The highest BCUT2D eigenvalue weighted by molar-refractivity contribution is 8.01. The van der Waals surface area contributed by atoms with Crippen LogP contribution in [0.2, 0.25) is 0 Å². The molecule has 0 unspecified atom stereocenters. The van der Waals surface area contributed by atoms with Gasteiger partial charge in [-0.1, -0.05) is 29.2 Å². The Labute approximate surface area is 210 Å². The fourth-order valence-corrected chi connectivity index (χ4v) is 4.36. The Morgan fingerprint density at radius 2 is 1.69 bits per heavy atom. The Bertz CT molecular complexity index is 1210. The second-order valence-electron chi connectivity index (χ2n) is 6.71. The number of nitrogens with one attached hydrogen (secondary N) is 2. The molecule has 2 N–H and O–H groups in total. The van der Waals surface area contributed by atoms with Crippen LogP contribution in [0.3, 0.4) is 0 Å². The molecule has 12 heteroatoms. The van der Waals surface area contributed by atoms with Gasteiger partial charge in [-0.2, -0.15) is 0 Å². The van der Waals surface area contributed by atoms with Gasteiger partial charge in [0.25, 0.3) is 0 Å². The molecule has 0 aliphatic carbocycles. The standard InChI is InChI=1S/C23H24N4O6S2/c1-30-15-7-8-16(18(12-15)32-3)24-21(29)13-34-23-27-26-22(35-23)25-20(28)10-6-14-5-9-17(31-2)19(11-14)33-4/h5-12H,13H2,1-4H3,(H,24,29)(H,25,26,28)/b10-6+. The van der Waals surface area contributed by atoms with Crippen molar-refractivity contribution in [2.24, 2.45) is 0 Å². The molecule has 0 aliphatic rings. The van der Waals surface area contributed by atoms with Gasteiger partial charge in [0, 0.05) is 12.1 Å². The third-order valence-electron chi connectivity index (χ3n) is 4.48. The molecule has 35 heavy (non-hydrogen) atoms. The summed E-state index contributed by atoms with van der Waals surface area (Å²) in [6.07, 6.45) is 3.02. The van der Waals surface area contributed by atoms with Gasteiger partial charge < -0.3 is 24.3 Å². The van der Waals surface area contributed by atoms with Gasteiger partial charge in [0.1, 0.15) is 11.5 Å². The summed E-state index contributed by atoms with van der Waals surface area (Å²) in [6, 6.07) is 10.4. The van der Waals surface area contributed by atoms with Gasteiger partial charge in [-0.3, -0.25) is 14.9 Å². The van der Waals surface area contributed by atoms with Crippen LogP contribution in [0.4, 0.5) is 10.8 Å². The van der Waals surface area contributed by atoms with Crippen LogP contribution >= 0.6 is 23.1 Å². The van der Waals surface area contributed by atoms with Gasteiger partial charge in [0.2, 0.25) is 16.9 Å². The van der Waals surface area contributed by atoms with E-state index in [1.54, 1.807) is 63.8 Å². The number of anilines is 2. The van der Waals surface area contributed by atoms with Crippen molar-refractivity contribution in [3.05, 3.63) is 48.0 Å². The molecule has 10 nitrogen and oxygen atoms in total. The number of hydrogen-bond donors (Lipinski definition) is 2. The Hall–Kier alpha value is -3.77. The quantitative estimate of drug-likeness (QED) is 0.222. The highest BCUT2D eigenvalue weighted by atomic mass is 32.2. The van der Waals surface area contributed by atoms with E-state index < -0.39 is 0 Å². The normalized spacial score (nSPS) is 10.6. The summed E-state index contributed by atoms with van der Waals surface area (Å²) in [4.78, 5) is 24.6. The molecule has 3 aromatic rings. The van der Waals surface area contributed by atoms with Gasteiger partial charge >= 0.3 is 0 Å². The number of amides is 2. The number of hydrogen-bond acceptors (Lipinski definition) is 10. The van der Waals surface area contributed by atoms with E-state index in [4.69, 9.17) is 18.9 Å². The molecular formula is C23H24N4O6S2. The number of methoxy groups -OCH3 is 4. The molecule has 0 bridgehead atoms. The van der Waals surface area contributed by atoms with Crippen LogP contribution in [-0.4, -0.2) is 56.2 Å². The van der Waals surface area contributed by atoms with Crippen molar-refractivity contribution in [3.8, 4) is 23.0 Å². The number of benzene rings is 2. The third-order valence-corrected chi connectivity index (χ3v) is 6.45. The monoisotopic (exact) mass is 516 g/mol. The van der Waals surface area contributed by atoms with E-state index in [-0.39, 0.29) is 17.6 Å². The molecule has 1 aromatic heterocycles. The van der Waals surface area contributed by atoms with Crippen molar-refractivity contribution in [2.75, 3.05) is 44.8 Å². The molecule has 1 heterocycles. The molecule has 0 aliphatic heterocycles.